The van der Waals surface area contributed by atoms with E-state index in [4.69, 9.17) is 0 Å². The second kappa shape index (κ2) is 8.82. The first-order valence-electron chi connectivity index (χ1n) is 9.50. The SMILES string of the molecule is CC(C)c1ccc(/C=C/C(=O)Nc2ccc(N3CCN(C)CC3)nc2)cc1. The van der Waals surface area contributed by atoms with Crippen LogP contribution in [-0.4, -0.2) is 49.0 Å². The first-order valence-corrected chi connectivity index (χ1v) is 9.50. The van der Waals surface area contributed by atoms with Gasteiger partial charge in [-0.05, 0) is 42.3 Å². The number of nitrogens with one attached hydrogen (secondary N) is 1. The number of benzene rings is 1. The number of rotatable bonds is 5. The van der Waals surface area contributed by atoms with Crippen molar-refractivity contribution in [1.82, 2.24) is 9.88 Å². The van der Waals surface area contributed by atoms with Gasteiger partial charge in [-0.2, -0.15) is 0 Å². The lowest BCUT2D eigenvalue weighted by Gasteiger charge is -2.33. The average Bonchev–Trinajstić information content (AvgIpc) is 2.68. The standard InChI is InChI=1S/C22H28N4O/c1-17(2)19-7-4-18(5-8-19)6-11-22(27)24-20-9-10-21(23-16-20)26-14-12-25(3)13-15-26/h4-11,16-17H,12-15H2,1-3H3,(H,24,27)/b11-6+. The Balaban J connectivity index is 1.54. The molecule has 5 heteroatoms. The molecule has 0 saturated carbocycles. The van der Waals surface area contributed by atoms with Gasteiger partial charge in [-0.15, -0.1) is 0 Å². The molecular formula is C22H28N4O. The molecule has 1 aromatic carbocycles. The van der Waals surface area contributed by atoms with Gasteiger partial charge >= 0.3 is 0 Å². The molecule has 1 aliphatic rings. The Morgan fingerprint density at radius 2 is 1.78 bits per heavy atom. The minimum absolute atomic E-state index is 0.155. The maximum atomic E-state index is 12.1. The van der Waals surface area contributed by atoms with Gasteiger partial charge in [0.15, 0.2) is 0 Å². The predicted octanol–water partition coefficient (Wildman–Crippen LogP) is 3.61. The number of piperazine rings is 1. The molecule has 0 unspecified atom stereocenters. The summed E-state index contributed by atoms with van der Waals surface area (Å²) in [4.78, 5) is 21.2. The fourth-order valence-electron chi connectivity index (χ4n) is 3.03. The number of nitrogens with zero attached hydrogens (tertiary/aromatic N) is 3. The molecule has 0 bridgehead atoms. The normalized spacial score (nSPS) is 15.5. The summed E-state index contributed by atoms with van der Waals surface area (Å²) in [6.45, 7) is 8.38. The summed E-state index contributed by atoms with van der Waals surface area (Å²) in [7, 11) is 2.13. The second-order valence-corrected chi connectivity index (χ2v) is 7.34. The van der Waals surface area contributed by atoms with E-state index in [2.05, 4.69) is 53.1 Å². The highest BCUT2D eigenvalue weighted by Crippen LogP contribution is 2.17. The smallest absolute Gasteiger partial charge is 0.248 e. The topological polar surface area (TPSA) is 48.5 Å². The van der Waals surface area contributed by atoms with Crippen molar-refractivity contribution in [2.45, 2.75) is 19.8 Å². The molecule has 142 valence electrons. The van der Waals surface area contributed by atoms with Gasteiger partial charge in [0.25, 0.3) is 0 Å². The zero-order valence-electron chi connectivity index (χ0n) is 16.4. The summed E-state index contributed by atoms with van der Waals surface area (Å²) in [5, 5.41) is 2.86. The van der Waals surface area contributed by atoms with Crippen molar-refractivity contribution in [3.05, 3.63) is 59.8 Å². The van der Waals surface area contributed by atoms with Crippen LogP contribution in [0.25, 0.3) is 6.08 Å². The third-order valence-corrected chi connectivity index (χ3v) is 4.87. The van der Waals surface area contributed by atoms with Crippen molar-refractivity contribution in [3.8, 4) is 0 Å². The Morgan fingerprint density at radius 3 is 2.37 bits per heavy atom. The number of anilines is 2. The molecule has 1 saturated heterocycles. The third kappa shape index (κ3) is 5.41. The van der Waals surface area contributed by atoms with Gasteiger partial charge < -0.3 is 15.1 Å². The quantitative estimate of drug-likeness (QED) is 0.824. The van der Waals surface area contributed by atoms with Crippen LogP contribution >= 0.6 is 0 Å². The van der Waals surface area contributed by atoms with E-state index in [1.54, 1.807) is 12.3 Å². The maximum Gasteiger partial charge on any atom is 0.248 e. The number of hydrogen-bond donors (Lipinski definition) is 1. The van der Waals surface area contributed by atoms with Crippen LogP contribution in [0.4, 0.5) is 11.5 Å². The zero-order chi connectivity index (χ0) is 19.2. The number of likely N-dealkylation sites (N-methyl/N-ethyl adjacent to an activating group) is 1. The van der Waals surface area contributed by atoms with Crippen LogP contribution in [0.1, 0.15) is 30.9 Å². The fourth-order valence-corrected chi connectivity index (χ4v) is 3.03. The Bertz CT molecular complexity index is 773. The van der Waals surface area contributed by atoms with Gasteiger partial charge in [-0.25, -0.2) is 4.98 Å². The molecule has 1 N–H and O–H groups in total. The first kappa shape index (κ1) is 19.1. The van der Waals surface area contributed by atoms with E-state index < -0.39 is 0 Å². The van der Waals surface area contributed by atoms with Crippen molar-refractivity contribution in [2.75, 3.05) is 43.4 Å². The van der Waals surface area contributed by atoms with E-state index in [1.165, 1.54) is 5.56 Å². The van der Waals surface area contributed by atoms with E-state index >= 15 is 0 Å². The van der Waals surface area contributed by atoms with Gasteiger partial charge in [0.2, 0.25) is 5.91 Å². The van der Waals surface area contributed by atoms with E-state index in [9.17, 15) is 4.79 Å². The molecule has 2 aromatic rings. The Hall–Kier alpha value is -2.66. The first-order chi connectivity index (χ1) is 13.0. The summed E-state index contributed by atoms with van der Waals surface area (Å²) in [6.07, 6.45) is 5.10. The Labute approximate surface area is 161 Å². The van der Waals surface area contributed by atoms with Gasteiger partial charge in [0.05, 0.1) is 11.9 Å². The van der Waals surface area contributed by atoms with Crippen molar-refractivity contribution in [3.63, 3.8) is 0 Å². The molecule has 5 nitrogen and oxygen atoms in total. The molecule has 2 heterocycles. The maximum absolute atomic E-state index is 12.1. The van der Waals surface area contributed by atoms with E-state index in [1.807, 2.05) is 30.3 Å². The van der Waals surface area contributed by atoms with Crippen LogP contribution in [0.2, 0.25) is 0 Å². The molecule has 27 heavy (non-hydrogen) atoms. The molecule has 1 aliphatic heterocycles. The van der Waals surface area contributed by atoms with Gasteiger partial charge in [-0.1, -0.05) is 38.1 Å². The summed E-state index contributed by atoms with van der Waals surface area (Å²) >= 11 is 0. The zero-order valence-corrected chi connectivity index (χ0v) is 16.4. The molecule has 3 rings (SSSR count). The Kier molecular flexibility index (Phi) is 6.24. The van der Waals surface area contributed by atoms with E-state index in [-0.39, 0.29) is 5.91 Å². The van der Waals surface area contributed by atoms with E-state index in [0.717, 1.165) is 37.6 Å². The molecule has 0 aliphatic carbocycles. The van der Waals surface area contributed by atoms with Crippen molar-refractivity contribution >= 4 is 23.5 Å². The lowest BCUT2D eigenvalue weighted by atomic mass is 10.0. The van der Waals surface area contributed by atoms with Crippen LogP contribution in [-0.2, 0) is 4.79 Å². The molecule has 0 atom stereocenters. The minimum atomic E-state index is -0.155. The molecular weight excluding hydrogens is 336 g/mol. The number of hydrogen-bond acceptors (Lipinski definition) is 4. The number of carbonyl (C=O) groups is 1. The summed E-state index contributed by atoms with van der Waals surface area (Å²) in [5.74, 6) is 1.31. The lowest BCUT2D eigenvalue weighted by molar-refractivity contribution is -0.111. The van der Waals surface area contributed by atoms with Crippen LogP contribution in [0.3, 0.4) is 0 Å². The van der Waals surface area contributed by atoms with Crippen LogP contribution in [0.5, 0.6) is 0 Å². The van der Waals surface area contributed by atoms with Crippen molar-refractivity contribution < 1.29 is 4.79 Å². The highest BCUT2D eigenvalue weighted by atomic mass is 16.1. The molecule has 1 amide bonds. The van der Waals surface area contributed by atoms with Gasteiger partial charge in [0, 0.05) is 32.3 Å². The number of amides is 1. The fraction of sp³-hybridized carbons (Fsp3) is 0.364. The molecule has 0 radical (unpaired) electrons. The van der Waals surface area contributed by atoms with Crippen LogP contribution in [0, 0.1) is 0 Å². The number of aromatic nitrogens is 1. The van der Waals surface area contributed by atoms with Crippen LogP contribution in [0.15, 0.2) is 48.7 Å². The molecule has 1 fully saturated rings. The van der Waals surface area contributed by atoms with Gasteiger partial charge in [-0.3, -0.25) is 4.79 Å². The largest absolute Gasteiger partial charge is 0.354 e. The lowest BCUT2D eigenvalue weighted by Crippen LogP contribution is -2.44. The minimum Gasteiger partial charge on any atom is -0.354 e. The van der Waals surface area contributed by atoms with Crippen LogP contribution < -0.4 is 10.2 Å². The number of pyridine rings is 1. The van der Waals surface area contributed by atoms with E-state index in [0.29, 0.717) is 11.6 Å². The van der Waals surface area contributed by atoms with Crippen molar-refractivity contribution in [2.24, 2.45) is 0 Å². The number of carbonyl (C=O) groups excluding carboxylic acids is 1. The summed E-state index contributed by atoms with van der Waals surface area (Å²) in [6, 6.07) is 12.1. The summed E-state index contributed by atoms with van der Waals surface area (Å²) < 4.78 is 0. The molecule has 0 spiro atoms. The Morgan fingerprint density at radius 1 is 1.07 bits per heavy atom. The second-order valence-electron chi connectivity index (χ2n) is 7.34. The summed E-state index contributed by atoms with van der Waals surface area (Å²) in [5.41, 5.74) is 3.01. The molecule has 1 aromatic heterocycles. The highest BCUT2D eigenvalue weighted by Gasteiger charge is 2.15. The van der Waals surface area contributed by atoms with Crippen molar-refractivity contribution in [1.29, 1.82) is 0 Å². The van der Waals surface area contributed by atoms with Gasteiger partial charge in [0.1, 0.15) is 5.82 Å². The third-order valence-electron chi connectivity index (χ3n) is 4.87. The average molecular weight is 364 g/mol. The predicted molar refractivity (Wildman–Crippen MR) is 112 cm³/mol. The monoisotopic (exact) mass is 364 g/mol. The highest BCUT2D eigenvalue weighted by molar-refractivity contribution is 6.01.